The highest BCUT2D eigenvalue weighted by Crippen LogP contribution is 2.28. The SMILES string of the molecule is CCC(C)NC(=O)c1sc(-c2c(C)c(C)nn(C)c2=O)nc1C. The van der Waals surface area contributed by atoms with Gasteiger partial charge in [0.25, 0.3) is 11.5 Å². The summed E-state index contributed by atoms with van der Waals surface area (Å²) in [6, 6.07) is 0.102. The summed E-state index contributed by atoms with van der Waals surface area (Å²) in [7, 11) is 1.62. The van der Waals surface area contributed by atoms with E-state index < -0.39 is 0 Å². The highest BCUT2D eigenvalue weighted by molar-refractivity contribution is 7.17. The number of rotatable bonds is 4. The van der Waals surface area contributed by atoms with Gasteiger partial charge >= 0.3 is 0 Å². The summed E-state index contributed by atoms with van der Waals surface area (Å²) in [5, 5.41) is 7.68. The van der Waals surface area contributed by atoms with E-state index in [0.29, 0.717) is 21.1 Å². The van der Waals surface area contributed by atoms with Crippen LogP contribution in [0.4, 0.5) is 0 Å². The lowest BCUT2D eigenvalue weighted by Crippen LogP contribution is -2.31. The van der Waals surface area contributed by atoms with Crippen LogP contribution in [0.2, 0.25) is 0 Å². The van der Waals surface area contributed by atoms with Crippen molar-refractivity contribution >= 4 is 17.2 Å². The van der Waals surface area contributed by atoms with Gasteiger partial charge in [-0.15, -0.1) is 11.3 Å². The summed E-state index contributed by atoms with van der Waals surface area (Å²) in [4.78, 5) is 29.8. The van der Waals surface area contributed by atoms with Gasteiger partial charge in [0.2, 0.25) is 0 Å². The van der Waals surface area contributed by atoms with Crippen molar-refractivity contribution in [2.75, 3.05) is 0 Å². The minimum absolute atomic E-state index is 0.102. The minimum Gasteiger partial charge on any atom is -0.349 e. The molecule has 0 radical (unpaired) electrons. The lowest BCUT2D eigenvalue weighted by Gasteiger charge is -2.10. The van der Waals surface area contributed by atoms with Gasteiger partial charge in [0, 0.05) is 13.1 Å². The van der Waals surface area contributed by atoms with Gasteiger partial charge in [-0.05, 0) is 39.7 Å². The third kappa shape index (κ3) is 3.34. The molecule has 0 saturated carbocycles. The van der Waals surface area contributed by atoms with E-state index in [-0.39, 0.29) is 17.5 Å². The van der Waals surface area contributed by atoms with E-state index >= 15 is 0 Å². The van der Waals surface area contributed by atoms with Crippen LogP contribution in [0.5, 0.6) is 0 Å². The number of thiazole rings is 1. The molecule has 0 aromatic carbocycles. The lowest BCUT2D eigenvalue weighted by molar-refractivity contribution is 0.0942. The molecular formula is C16H22N4O2S. The Morgan fingerprint density at radius 2 is 1.96 bits per heavy atom. The van der Waals surface area contributed by atoms with Gasteiger partial charge in [-0.3, -0.25) is 9.59 Å². The predicted molar refractivity (Wildman–Crippen MR) is 92.0 cm³/mol. The largest absolute Gasteiger partial charge is 0.349 e. The second-order valence-corrected chi connectivity index (χ2v) is 6.73. The molecule has 2 aromatic heterocycles. The van der Waals surface area contributed by atoms with E-state index in [1.54, 1.807) is 14.0 Å². The Balaban J connectivity index is 2.51. The zero-order valence-electron chi connectivity index (χ0n) is 14.4. The molecule has 0 aliphatic rings. The van der Waals surface area contributed by atoms with Gasteiger partial charge in [-0.2, -0.15) is 5.10 Å². The maximum absolute atomic E-state index is 12.4. The van der Waals surface area contributed by atoms with E-state index in [4.69, 9.17) is 0 Å². The van der Waals surface area contributed by atoms with Crippen LogP contribution in [0.1, 0.15) is 46.9 Å². The Kier molecular flexibility index (Phi) is 4.99. The number of aromatic nitrogens is 3. The molecule has 7 heteroatoms. The van der Waals surface area contributed by atoms with Crippen LogP contribution < -0.4 is 10.9 Å². The molecule has 1 N–H and O–H groups in total. The van der Waals surface area contributed by atoms with Crippen LogP contribution in [0.3, 0.4) is 0 Å². The number of carbonyl (C=O) groups is 1. The molecule has 2 rings (SSSR count). The van der Waals surface area contributed by atoms with Crippen LogP contribution in [-0.2, 0) is 7.05 Å². The Morgan fingerprint density at radius 1 is 1.30 bits per heavy atom. The average Bonchev–Trinajstić information content (AvgIpc) is 2.87. The Hall–Kier alpha value is -2.02. The Bertz CT molecular complexity index is 807. The zero-order valence-corrected chi connectivity index (χ0v) is 15.2. The summed E-state index contributed by atoms with van der Waals surface area (Å²) in [6.45, 7) is 9.48. The van der Waals surface area contributed by atoms with E-state index in [1.807, 2.05) is 27.7 Å². The van der Waals surface area contributed by atoms with Crippen molar-refractivity contribution in [3.63, 3.8) is 0 Å². The van der Waals surface area contributed by atoms with Crippen molar-refractivity contribution in [2.45, 2.75) is 47.1 Å². The standard InChI is InChI=1S/C16H22N4O2S/c1-7-8(2)17-14(21)13-11(5)18-15(23-13)12-9(3)10(4)19-20(6)16(12)22/h8H,7H2,1-6H3,(H,17,21). The zero-order chi connectivity index (χ0) is 17.3. The van der Waals surface area contributed by atoms with E-state index in [2.05, 4.69) is 15.4 Å². The molecule has 0 saturated heterocycles. The van der Waals surface area contributed by atoms with Crippen molar-refractivity contribution in [3.05, 3.63) is 32.2 Å². The molecule has 2 heterocycles. The van der Waals surface area contributed by atoms with Gasteiger partial charge in [-0.25, -0.2) is 9.67 Å². The van der Waals surface area contributed by atoms with Crippen molar-refractivity contribution < 1.29 is 4.79 Å². The molecule has 0 spiro atoms. The third-order valence-corrected chi connectivity index (χ3v) is 5.11. The van der Waals surface area contributed by atoms with Gasteiger partial charge < -0.3 is 5.32 Å². The molecule has 1 unspecified atom stereocenters. The second kappa shape index (κ2) is 6.62. The number of carbonyl (C=O) groups excluding carboxylic acids is 1. The molecule has 0 fully saturated rings. The molecular weight excluding hydrogens is 312 g/mol. The first-order valence-corrected chi connectivity index (χ1v) is 8.41. The van der Waals surface area contributed by atoms with Crippen molar-refractivity contribution in [1.29, 1.82) is 0 Å². The van der Waals surface area contributed by atoms with Gasteiger partial charge in [-0.1, -0.05) is 6.92 Å². The first kappa shape index (κ1) is 17.3. The van der Waals surface area contributed by atoms with Crippen molar-refractivity contribution in [2.24, 2.45) is 7.05 Å². The molecule has 0 aliphatic carbocycles. The van der Waals surface area contributed by atoms with Crippen LogP contribution in [0.25, 0.3) is 10.6 Å². The van der Waals surface area contributed by atoms with Crippen LogP contribution >= 0.6 is 11.3 Å². The molecule has 23 heavy (non-hydrogen) atoms. The molecule has 1 amide bonds. The molecule has 6 nitrogen and oxygen atoms in total. The molecule has 0 aliphatic heterocycles. The normalized spacial score (nSPS) is 12.3. The van der Waals surface area contributed by atoms with Gasteiger partial charge in [0.05, 0.1) is 17.0 Å². The fourth-order valence-electron chi connectivity index (χ4n) is 2.21. The van der Waals surface area contributed by atoms with E-state index in [1.165, 1.54) is 16.0 Å². The fourth-order valence-corrected chi connectivity index (χ4v) is 3.27. The minimum atomic E-state index is -0.198. The molecule has 0 bridgehead atoms. The maximum Gasteiger partial charge on any atom is 0.277 e. The van der Waals surface area contributed by atoms with E-state index in [0.717, 1.165) is 17.7 Å². The summed E-state index contributed by atoms with van der Waals surface area (Å²) in [5.74, 6) is -0.138. The van der Waals surface area contributed by atoms with Crippen molar-refractivity contribution in [1.82, 2.24) is 20.1 Å². The number of hydrogen-bond donors (Lipinski definition) is 1. The Morgan fingerprint density at radius 3 is 2.57 bits per heavy atom. The first-order chi connectivity index (χ1) is 10.8. The monoisotopic (exact) mass is 334 g/mol. The lowest BCUT2D eigenvalue weighted by atomic mass is 10.1. The van der Waals surface area contributed by atoms with E-state index in [9.17, 15) is 9.59 Å². The highest BCUT2D eigenvalue weighted by Gasteiger charge is 2.21. The van der Waals surface area contributed by atoms with Crippen LogP contribution in [0, 0.1) is 20.8 Å². The smallest absolute Gasteiger partial charge is 0.277 e. The summed E-state index contributed by atoms with van der Waals surface area (Å²) in [6.07, 6.45) is 0.861. The fraction of sp³-hybridized carbons (Fsp3) is 0.500. The first-order valence-electron chi connectivity index (χ1n) is 7.59. The van der Waals surface area contributed by atoms with Crippen LogP contribution in [0.15, 0.2) is 4.79 Å². The average molecular weight is 334 g/mol. The van der Waals surface area contributed by atoms with Gasteiger partial charge in [0.15, 0.2) is 0 Å². The summed E-state index contributed by atoms with van der Waals surface area (Å²) < 4.78 is 1.31. The summed E-state index contributed by atoms with van der Waals surface area (Å²) >= 11 is 1.25. The topological polar surface area (TPSA) is 76.9 Å². The molecule has 2 aromatic rings. The number of aryl methyl sites for hydroxylation is 3. The van der Waals surface area contributed by atoms with Crippen LogP contribution in [-0.4, -0.2) is 26.7 Å². The number of nitrogens with zero attached hydrogens (tertiary/aromatic N) is 3. The Labute approximate surface area is 139 Å². The quantitative estimate of drug-likeness (QED) is 0.931. The summed E-state index contributed by atoms with van der Waals surface area (Å²) in [5.41, 5.74) is 2.55. The molecule has 1 atom stereocenters. The highest BCUT2D eigenvalue weighted by atomic mass is 32.1. The van der Waals surface area contributed by atoms with Crippen molar-refractivity contribution in [3.8, 4) is 10.6 Å². The molecule has 124 valence electrons. The van der Waals surface area contributed by atoms with Gasteiger partial charge in [0.1, 0.15) is 9.88 Å². The maximum atomic E-state index is 12.4. The second-order valence-electron chi connectivity index (χ2n) is 5.73. The predicted octanol–water partition coefficient (Wildman–Crippen LogP) is 2.36. The number of amides is 1. The number of nitrogens with one attached hydrogen (secondary N) is 1. The number of hydrogen-bond acceptors (Lipinski definition) is 5. The third-order valence-electron chi connectivity index (χ3n) is 3.93.